The Morgan fingerprint density at radius 1 is 1.00 bits per heavy atom. The second kappa shape index (κ2) is 8.50. The predicted octanol–water partition coefficient (Wildman–Crippen LogP) is 4.61. The van der Waals surface area contributed by atoms with Crippen LogP contribution in [0.4, 0.5) is 5.69 Å². The number of anilines is 1. The number of benzene rings is 1. The third-order valence-corrected chi connectivity index (χ3v) is 5.16. The molecule has 2 N–H and O–H groups in total. The van der Waals surface area contributed by atoms with Gasteiger partial charge in [-0.2, -0.15) is 0 Å². The SMILES string of the molecule is CC(C)c1ccccc1NC(=O)C(C)(C)C(=O)NC1CCCCCC1. The van der Waals surface area contributed by atoms with Crippen molar-refractivity contribution in [3.63, 3.8) is 0 Å². The van der Waals surface area contributed by atoms with Gasteiger partial charge in [-0.1, -0.05) is 57.7 Å². The molecule has 4 nitrogen and oxygen atoms in total. The second-order valence-corrected chi connectivity index (χ2v) is 7.98. The minimum Gasteiger partial charge on any atom is -0.352 e. The van der Waals surface area contributed by atoms with Gasteiger partial charge in [0.15, 0.2) is 0 Å². The molecular weight excluding hydrogens is 312 g/mol. The highest BCUT2D eigenvalue weighted by Gasteiger charge is 2.37. The van der Waals surface area contributed by atoms with Crippen LogP contribution >= 0.6 is 0 Å². The van der Waals surface area contributed by atoms with Crippen LogP contribution in [0.5, 0.6) is 0 Å². The number of nitrogens with one attached hydrogen (secondary N) is 2. The van der Waals surface area contributed by atoms with E-state index in [2.05, 4.69) is 24.5 Å². The van der Waals surface area contributed by atoms with Gasteiger partial charge < -0.3 is 10.6 Å². The highest BCUT2D eigenvalue weighted by molar-refractivity contribution is 6.10. The standard InChI is InChI=1S/C21H32N2O2/c1-15(2)17-13-9-10-14-18(17)23-20(25)21(3,4)19(24)22-16-11-7-5-6-8-12-16/h9-10,13-16H,5-8,11-12H2,1-4H3,(H,22,24)(H,23,25). The lowest BCUT2D eigenvalue weighted by molar-refractivity contribution is -0.138. The van der Waals surface area contributed by atoms with Crippen LogP contribution in [0.25, 0.3) is 0 Å². The summed E-state index contributed by atoms with van der Waals surface area (Å²) in [5, 5.41) is 6.07. The quantitative estimate of drug-likeness (QED) is 0.605. The van der Waals surface area contributed by atoms with E-state index in [9.17, 15) is 9.59 Å². The van der Waals surface area contributed by atoms with Crippen LogP contribution in [0, 0.1) is 5.41 Å². The van der Waals surface area contributed by atoms with E-state index in [0.29, 0.717) is 5.92 Å². The van der Waals surface area contributed by atoms with Crippen molar-refractivity contribution in [3.05, 3.63) is 29.8 Å². The Hall–Kier alpha value is -1.84. The average Bonchev–Trinajstić information content (AvgIpc) is 2.83. The lowest BCUT2D eigenvalue weighted by atomic mass is 9.89. The van der Waals surface area contributed by atoms with Crippen LogP contribution in [0.3, 0.4) is 0 Å². The zero-order valence-corrected chi connectivity index (χ0v) is 16.0. The summed E-state index contributed by atoms with van der Waals surface area (Å²) in [6, 6.07) is 7.98. The molecule has 1 aromatic rings. The third-order valence-electron chi connectivity index (χ3n) is 5.16. The Kier molecular flexibility index (Phi) is 6.63. The largest absolute Gasteiger partial charge is 0.352 e. The van der Waals surface area contributed by atoms with Crippen molar-refractivity contribution >= 4 is 17.5 Å². The van der Waals surface area contributed by atoms with Gasteiger partial charge in [0.1, 0.15) is 5.41 Å². The smallest absolute Gasteiger partial charge is 0.239 e. The summed E-state index contributed by atoms with van der Waals surface area (Å²) in [6.07, 6.45) is 6.81. The van der Waals surface area contributed by atoms with Gasteiger partial charge >= 0.3 is 0 Å². The van der Waals surface area contributed by atoms with E-state index in [1.54, 1.807) is 13.8 Å². The third kappa shape index (κ3) is 5.07. The molecule has 1 fully saturated rings. The van der Waals surface area contributed by atoms with E-state index >= 15 is 0 Å². The molecule has 25 heavy (non-hydrogen) atoms. The maximum absolute atomic E-state index is 12.8. The van der Waals surface area contributed by atoms with Crippen molar-refractivity contribution in [1.29, 1.82) is 0 Å². The van der Waals surface area contributed by atoms with Crippen LogP contribution < -0.4 is 10.6 Å². The van der Waals surface area contributed by atoms with Gasteiger partial charge in [-0.3, -0.25) is 9.59 Å². The van der Waals surface area contributed by atoms with E-state index in [1.807, 2.05) is 24.3 Å². The number of rotatable bonds is 5. The number of hydrogen-bond donors (Lipinski definition) is 2. The van der Waals surface area contributed by atoms with Crippen molar-refractivity contribution in [2.75, 3.05) is 5.32 Å². The highest BCUT2D eigenvalue weighted by Crippen LogP contribution is 2.27. The lowest BCUT2D eigenvalue weighted by Crippen LogP contribution is -2.48. The van der Waals surface area contributed by atoms with Gasteiger partial charge in [-0.25, -0.2) is 0 Å². The van der Waals surface area contributed by atoms with Crippen LogP contribution in [0.15, 0.2) is 24.3 Å². The number of carbonyl (C=O) groups is 2. The molecule has 2 amide bonds. The van der Waals surface area contributed by atoms with Crippen LogP contribution in [0.1, 0.15) is 77.7 Å². The first-order valence-corrected chi connectivity index (χ1v) is 9.53. The van der Waals surface area contributed by atoms with E-state index in [4.69, 9.17) is 0 Å². The Labute approximate surface area is 151 Å². The van der Waals surface area contributed by atoms with Gasteiger partial charge in [0.2, 0.25) is 11.8 Å². The molecule has 0 spiro atoms. The summed E-state index contributed by atoms with van der Waals surface area (Å²) in [5.41, 5.74) is 0.768. The monoisotopic (exact) mass is 344 g/mol. The molecular formula is C21H32N2O2. The van der Waals surface area contributed by atoms with Crippen molar-refractivity contribution in [2.45, 2.75) is 78.2 Å². The number of hydrogen-bond acceptors (Lipinski definition) is 2. The van der Waals surface area contributed by atoms with Crippen molar-refractivity contribution in [3.8, 4) is 0 Å². The maximum atomic E-state index is 12.8. The molecule has 138 valence electrons. The maximum Gasteiger partial charge on any atom is 0.239 e. The first-order chi connectivity index (χ1) is 11.8. The second-order valence-electron chi connectivity index (χ2n) is 7.98. The van der Waals surface area contributed by atoms with E-state index in [-0.39, 0.29) is 17.9 Å². The van der Waals surface area contributed by atoms with Crippen molar-refractivity contribution in [2.24, 2.45) is 5.41 Å². The molecule has 0 unspecified atom stereocenters. The summed E-state index contributed by atoms with van der Waals surface area (Å²) < 4.78 is 0. The minimum atomic E-state index is -1.10. The van der Waals surface area contributed by atoms with E-state index in [1.165, 1.54) is 12.8 Å². The summed E-state index contributed by atoms with van der Waals surface area (Å²) in [7, 11) is 0. The van der Waals surface area contributed by atoms with Crippen LogP contribution in [0.2, 0.25) is 0 Å². The fourth-order valence-corrected chi connectivity index (χ4v) is 3.29. The summed E-state index contributed by atoms with van der Waals surface area (Å²) in [4.78, 5) is 25.5. The van der Waals surface area contributed by atoms with Gasteiger partial charge in [0.05, 0.1) is 0 Å². The molecule has 0 bridgehead atoms. The van der Waals surface area contributed by atoms with Crippen molar-refractivity contribution in [1.82, 2.24) is 5.32 Å². The van der Waals surface area contributed by atoms with Gasteiger partial charge in [-0.05, 0) is 44.2 Å². The summed E-state index contributed by atoms with van der Waals surface area (Å²) in [5.74, 6) is -0.134. The molecule has 1 aromatic carbocycles. The summed E-state index contributed by atoms with van der Waals surface area (Å²) in [6.45, 7) is 7.59. The fourth-order valence-electron chi connectivity index (χ4n) is 3.29. The molecule has 0 saturated heterocycles. The Balaban J connectivity index is 2.05. The Morgan fingerprint density at radius 3 is 2.20 bits per heavy atom. The molecule has 1 saturated carbocycles. The number of carbonyl (C=O) groups excluding carboxylic acids is 2. The molecule has 4 heteroatoms. The Bertz CT molecular complexity index is 600. The molecule has 0 atom stereocenters. The molecule has 0 aromatic heterocycles. The van der Waals surface area contributed by atoms with E-state index < -0.39 is 5.41 Å². The lowest BCUT2D eigenvalue weighted by Gasteiger charge is -2.27. The fraction of sp³-hybridized carbons (Fsp3) is 0.619. The average molecular weight is 344 g/mol. The van der Waals surface area contributed by atoms with Crippen LogP contribution in [-0.2, 0) is 9.59 Å². The zero-order valence-electron chi connectivity index (χ0n) is 16.0. The Morgan fingerprint density at radius 2 is 1.60 bits per heavy atom. The van der Waals surface area contributed by atoms with Gasteiger partial charge in [0, 0.05) is 11.7 Å². The first kappa shape index (κ1) is 19.5. The molecule has 0 radical (unpaired) electrons. The van der Waals surface area contributed by atoms with E-state index in [0.717, 1.165) is 36.9 Å². The molecule has 1 aliphatic rings. The summed E-state index contributed by atoms with van der Waals surface area (Å²) >= 11 is 0. The highest BCUT2D eigenvalue weighted by atomic mass is 16.2. The first-order valence-electron chi connectivity index (χ1n) is 9.53. The van der Waals surface area contributed by atoms with Crippen LogP contribution in [-0.4, -0.2) is 17.9 Å². The predicted molar refractivity (Wildman–Crippen MR) is 103 cm³/mol. The normalized spacial score (nSPS) is 16.4. The molecule has 0 heterocycles. The zero-order chi connectivity index (χ0) is 18.4. The molecule has 0 aliphatic heterocycles. The van der Waals surface area contributed by atoms with Gasteiger partial charge in [-0.15, -0.1) is 0 Å². The minimum absolute atomic E-state index is 0.182. The molecule has 2 rings (SSSR count). The van der Waals surface area contributed by atoms with Crippen molar-refractivity contribution < 1.29 is 9.59 Å². The number of amides is 2. The van der Waals surface area contributed by atoms with Gasteiger partial charge in [0.25, 0.3) is 0 Å². The topological polar surface area (TPSA) is 58.2 Å². The molecule has 1 aliphatic carbocycles. The number of para-hydroxylation sites is 1.